The van der Waals surface area contributed by atoms with Crippen LogP contribution in [0.2, 0.25) is 0 Å². The number of thiophene rings is 1. The van der Waals surface area contributed by atoms with Gasteiger partial charge in [-0.3, -0.25) is 0 Å². The van der Waals surface area contributed by atoms with E-state index in [9.17, 15) is 9.18 Å². The Hall–Kier alpha value is -3.52. The fourth-order valence-electron chi connectivity index (χ4n) is 2.99. The summed E-state index contributed by atoms with van der Waals surface area (Å²) >= 11 is 1.48. The van der Waals surface area contributed by atoms with Crippen LogP contribution in [0, 0.1) is 12.7 Å². The Morgan fingerprint density at radius 3 is 2.64 bits per heavy atom. The normalized spacial score (nSPS) is 10.8. The standard InChI is InChI=1S/C20H16FN5OS/c1-11-16(17-18(22)23-10-24-19(17)28-11)12-7-8-15(14(21)9-12)26-20(27)25-13-5-3-2-4-6-13/h2-10H,1H3,(H2,22,23,24)(H2,25,26,27). The summed E-state index contributed by atoms with van der Waals surface area (Å²) in [5, 5.41) is 5.89. The lowest BCUT2D eigenvalue weighted by atomic mass is 10.0. The first kappa shape index (κ1) is 17.9. The van der Waals surface area contributed by atoms with E-state index < -0.39 is 11.8 Å². The number of benzene rings is 2. The molecular weight excluding hydrogens is 377 g/mol. The maximum absolute atomic E-state index is 14.7. The molecule has 28 heavy (non-hydrogen) atoms. The third-order valence-electron chi connectivity index (χ3n) is 4.23. The van der Waals surface area contributed by atoms with Gasteiger partial charge >= 0.3 is 6.03 Å². The van der Waals surface area contributed by atoms with Gasteiger partial charge in [-0.2, -0.15) is 0 Å². The number of nitrogens with zero attached hydrogens (tertiary/aromatic N) is 2. The van der Waals surface area contributed by atoms with E-state index in [2.05, 4.69) is 20.6 Å². The minimum Gasteiger partial charge on any atom is -0.383 e. The number of aromatic nitrogens is 2. The van der Waals surface area contributed by atoms with Crippen LogP contribution in [0.3, 0.4) is 0 Å². The highest BCUT2D eigenvalue weighted by Gasteiger charge is 2.17. The molecule has 0 fully saturated rings. The molecule has 0 aliphatic rings. The van der Waals surface area contributed by atoms with Crippen LogP contribution in [0.1, 0.15) is 4.88 Å². The Morgan fingerprint density at radius 2 is 1.89 bits per heavy atom. The summed E-state index contributed by atoms with van der Waals surface area (Å²) in [5.41, 5.74) is 8.16. The predicted octanol–water partition coefficient (Wildman–Crippen LogP) is 5.03. The minimum atomic E-state index is -0.546. The Kier molecular flexibility index (Phi) is 4.62. The van der Waals surface area contributed by atoms with E-state index in [-0.39, 0.29) is 5.69 Å². The lowest BCUT2D eigenvalue weighted by Gasteiger charge is -2.10. The second-order valence-corrected chi connectivity index (χ2v) is 7.32. The van der Waals surface area contributed by atoms with Gasteiger partial charge in [-0.05, 0) is 36.8 Å². The van der Waals surface area contributed by atoms with Crippen molar-refractivity contribution in [3.8, 4) is 11.1 Å². The minimum absolute atomic E-state index is 0.0820. The van der Waals surface area contributed by atoms with Gasteiger partial charge in [-0.15, -0.1) is 11.3 Å². The monoisotopic (exact) mass is 393 g/mol. The molecule has 2 amide bonds. The number of carbonyl (C=O) groups is 1. The zero-order valence-electron chi connectivity index (χ0n) is 14.9. The van der Waals surface area contributed by atoms with Crippen molar-refractivity contribution in [2.24, 2.45) is 0 Å². The Morgan fingerprint density at radius 1 is 1.11 bits per heavy atom. The Labute approximate surface area is 164 Å². The highest BCUT2D eigenvalue weighted by Crippen LogP contribution is 2.40. The third kappa shape index (κ3) is 3.37. The highest BCUT2D eigenvalue weighted by molar-refractivity contribution is 7.19. The topological polar surface area (TPSA) is 92.9 Å². The number of halogens is 1. The van der Waals surface area contributed by atoms with Gasteiger partial charge in [-0.25, -0.2) is 19.2 Å². The molecule has 6 nitrogen and oxygen atoms in total. The van der Waals surface area contributed by atoms with Crippen molar-refractivity contribution in [1.82, 2.24) is 9.97 Å². The number of hydrogen-bond donors (Lipinski definition) is 3. The Balaban J connectivity index is 1.62. The fourth-order valence-corrected chi connectivity index (χ4v) is 4.01. The molecule has 0 unspecified atom stereocenters. The number of para-hydroxylation sites is 1. The summed E-state index contributed by atoms with van der Waals surface area (Å²) in [5.74, 6) is -0.191. The maximum Gasteiger partial charge on any atom is 0.323 e. The number of fused-ring (bicyclic) bond motifs is 1. The molecule has 2 heterocycles. The average Bonchev–Trinajstić information content (AvgIpc) is 3.01. The summed E-state index contributed by atoms with van der Waals surface area (Å²) in [6, 6.07) is 13.1. The molecule has 8 heteroatoms. The number of amides is 2. The number of aryl methyl sites for hydroxylation is 1. The number of anilines is 3. The van der Waals surface area contributed by atoms with E-state index in [0.717, 1.165) is 15.3 Å². The van der Waals surface area contributed by atoms with Gasteiger partial charge in [0.05, 0.1) is 11.1 Å². The van der Waals surface area contributed by atoms with Crippen molar-refractivity contribution in [2.45, 2.75) is 6.92 Å². The maximum atomic E-state index is 14.7. The average molecular weight is 393 g/mol. The SMILES string of the molecule is Cc1sc2ncnc(N)c2c1-c1ccc(NC(=O)Nc2ccccc2)c(F)c1. The molecule has 0 bridgehead atoms. The van der Waals surface area contributed by atoms with Gasteiger partial charge < -0.3 is 16.4 Å². The molecule has 4 aromatic rings. The van der Waals surface area contributed by atoms with Crippen LogP contribution in [0.25, 0.3) is 21.3 Å². The molecular formula is C20H16FN5OS. The van der Waals surface area contributed by atoms with E-state index in [4.69, 9.17) is 5.73 Å². The molecule has 0 radical (unpaired) electrons. The van der Waals surface area contributed by atoms with Crippen molar-refractivity contribution >= 4 is 44.8 Å². The van der Waals surface area contributed by atoms with Crippen LogP contribution in [0.5, 0.6) is 0 Å². The second-order valence-electron chi connectivity index (χ2n) is 6.11. The summed E-state index contributed by atoms with van der Waals surface area (Å²) in [6.45, 7) is 1.93. The summed E-state index contributed by atoms with van der Waals surface area (Å²) in [7, 11) is 0. The van der Waals surface area contributed by atoms with Crippen molar-refractivity contribution in [3.05, 3.63) is 65.6 Å². The summed E-state index contributed by atoms with van der Waals surface area (Å²) < 4.78 is 14.7. The highest BCUT2D eigenvalue weighted by atomic mass is 32.1. The molecule has 0 saturated carbocycles. The van der Waals surface area contributed by atoms with E-state index in [1.807, 2.05) is 13.0 Å². The van der Waals surface area contributed by atoms with Crippen LogP contribution in [0.15, 0.2) is 54.9 Å². The quantitative estimate of drug-likeness (QED) is 0.455. The zero-order chi connectivity index (χ0) is 19.7. The van der Waals surface area contributed by atoms with Crippen LogP contribution in [-0.4, -0.2) is 16.0 Å². The molecule has 2 aromatic heterocycles. The first-order valence-electron chi connectivity index (χ1n) is 8.45. The molecule has 2 aromatic carbocycles. The molecule has 0 spiro atoms. The van der Waals surface area contributed by atoms with Crippen molar-refractivity contribution in [2.75, 3.05) is 16.4 Å². The summed E-state index contributed by atoms with van der Waals surface area (Å²) in [4.78, 5) is 22.1. The van der Waals surface area contributed by atoms with Crippen LogP contribution in [-0.2, 0) is 0 Å². The number of nitrogen functional groups attached to an aromatic ring is 1. The molecule has 140 valence electrons. The van der Waals surface area contributed by atoms with E-state index >= 15 is 0 Å². The van der Waals surface area contributed by atoms with Crippen molar-refractivity contribution in [3.63, 3.8) is 0 Å². The van der Waals surface area contributed by atoms with Gasteiger partial charge in [0.25, 0.3) is 0 Å². The fraction of sp³-hybridized carbons (Fsp3) is 0.0500. The van der Waals surface area contributed by atoms with Gasteiger partial charge in [0, 0.05) is 16.1 Å². The lowest BCUT2D eigenvalue weighted by Crippen LogP contribution is -2.20. The van der Waals surface area contributed by atoms with Crippen molar-refractivity contribution < 1.29 is 9.18 Å². The first-order chi connectivity index (χ1) is 13.5. The van der Waals surface area contributed by atoms with Crippen LogP contribution >= 0.6 is 11.3 Å². The van der Waals surface area contributed by atoms with Crippen LogP contribution in [0.4, 0.5) is 26.4 Å². The number of urea groups is 1. The van der Waals surface area contributed by atoms with Gasteiger partial charge in [0.15, 0.2) is 0 Å². The zero-order valence-corrected chi connectivity index (χ0v) is 15.7. The van der Waals surface area contributed by atoms with Gasteiger partial charge in [-0.1, -0.05) is 24.3 Å². The van der Waals surface area contributed by atoms with Crippen molar-refractivity contribution in [1.29, 1.82) is 0 Å². The smallest absolute Gasteiger partial charge is 0.323 e. The van der Waals surface area contributed by atoms with Gasteiger partial charge in [0.1, 0.15) is 22.8 Å². The van der Waals surface area contributed by atoms with Crippen LogP contribution < -0.4 is 16.4 Å². The molecule has 0 aliphatic carbocycles. The number of rotatable bonds is 3. The molecule has 0 atom stereocenters. The second kappa shape index (κ2) is 7.24. The number of hydrogen-bond acceptors (Lipinski definition) is 5. The summed E-state index contributed by atoms with van der Waals surface area (Å²) in [6.07, 6.45) is 1.41. The third-order valence-corrected chi connectivity index (χ3v) is 5.24. The number of nitrogens with one attached hydrogen (secondary N) is 2. The predicted molar refractivity (Wildman–Crippen MR) is 111 cm³/mol. The molecule has 0 aliphatic heterocycles. The number of nitrogens with two attached hydrogens (primary N) is 1. The molecule has 4 N–H and O–H groups in total. The first-order valence-corrected chi connectivity index (χ1v) is 9.27. The lowest BCUT2D eigenvalue weighted by molar-refractivity contribution is 0.262. The molecule has 4 rings (SSSR count). The Bertz CT molecular complexity index is 1180. The number of carbonyl (C=O) groups excluding carboxylic acids is 1. The van der Waals surface area contributed by atoms with E-state index in [1.165, 1.54) is 29.8 Å². The molecule has 0 saturated heterocycles. The van der Waals surface area contributed by atoms with E-state index in [0.29, 0.717) is 22.5 Å². The van der Waals surface area contributed by atoms with E-state index in [1.54, 1.807) is 30.3 Å². The largest absolute Gasteiger partial charge is 0.383 e. The van der Waals surface area contributed by atoms with Gasteiger partial charge in [0.2, 0.25) is 0 Å².